The topological polar surface area (TPSA) is 545 Å². The third-order valence-electron chi connectivity index (χ3n) is 23.5. The lowest BCUT2D eigenvalue weighted by Gasteiger charge is -2.35. The van der Waals surface area contributed by atoms with Crippen LogP contribution in [0.4, 0.5) is 8.78 Å². The van der Waals surface area contributed by atoms with Crippen molar-refractivity contribution >= 4 is 52.2 Å². The summed E-state index contributed by atoms with van der Waals surface area (Å²) < 4.78 is 68.0. The SMILES string of the molecule is C[C@@H](O)c1nnc(CC2CC(NC(=O)c3cc(-c4ccc(F)cc4)no3)C2)o1.C[C@@H](O)c1nnc(CC2CC(NC(=O)c3cc(-c4ccc(F)cc4)no3)C2)o1.C[C@@H](O)c1nnc(CC2CC(NC(=O)c3cc(-c4ccccc4)no3)C2)o1.C[C@@H](O)c1nnc(CC2CC(NC(=O)c3cc(-c4ccccc4)no3)C2)s1.C[C@@H](O)c1nnc(CC2CC(NC(=O)c3cc(-c4ccccc4)no3)C2)s1. The van der Waals surface area contributed by atoms with Crippen molar-refractivity contribution in [3.8, 4) is 56.3 Å². The average Bonchev–Trinajstić information content (AvgIpc) is 1.80. The van der Waals surface area contributed by atoms with Crippen LogP contribution in [0.1, 0.15) is 237 Å². The summed E-state index contributed by atoms with van der Waals surface area (Å²) >= 11 is 2.90. The molecule has 38 nitrogen and oxygen atoms in total. The molecule has 10 heterocycles. The summed E-state index contributed by atoms with van der Waals surface area (Å²) in [5.41, 5.74) is 6.96. The molecule has 5 fully saturated rings. The summed E-state index contributed by atoms with van der Waals surface area (Å²) in [4.78, 5) is 61.6. The predicted molar refractivity (Wildman–Crippen MR) is 484 cm³/mol. The number of hydrogen-bond acceptors (Lipinski definition) is 35. The van der Waals surface area contributed by atoms with Crippen molar-refractivity contribution in [3.63, 3.8) is 0 Å². The standard InChI is InChI=1S/2C19H19FN4O4.C19H20N4O4.2C19H20N4O3S/c2*1-10(25)19-23-22-17(27-19)8-11-6-14(7-11)21-18(26)16-9-15(24-28-16)12-2-4-13(20)5-3-12;1-11(24)19-22-21-17(26-19)9-12-7-14(8-12)20-18(25)16-10-15(23-27-16)13-5-3-2-4-6-13;2*1-11(24)19-22-21-17(27-19)9-12-7-14(8-12)20-18(25)16-10-15(23-26-16)13-5-3-2-4-6-13/h2*2-5,9-11,14,25H,6-8H2,1H3,(H,21,26);3*2-6,10-12,14,24H,7-9H2,1H3,(H,20,25)/t2*10-,11?,14?;3*11-,12?,14?/m11111/s1. The Bertz CT molecular complexity index is 5940. The van der Waals surface area contributed by atoms with Gasteiger partial charge in [0.1, 0.15) is 90.7 Å². The van der Waals surface area contributed by atoms with Gasteiger partial charge in [0, 0.05) is 120 Å². The molecule has 5 amide bonds. The normalized spacial score (nSPS) is 20.0. The number of hydrogen-bond donors (Lipinski definition) is 10. The van der Waals surface area contributed by atoms with E-state index in [1.807, 2.05) is 91.0 Å². The zero-order valence-electron chi connectivity index (χ0n) is 74.8. The van der Waals surface area contributed by atoms with Gasteiger partial charge in [-0.25, -0.2) is 8.78 Å². The van der Waals surface area contributed by atoms with Crippen LogP contribution in [0.5, 0.6) is 0 Å². The molecule has 42 heteroatoms. The number of carbonyl (C=O) groups is 5. The number of aliphatic hydroxyl groups is 5. The molecular formula is C95H98F2N20O18S2. The molecule has 5 aliphatic rings. The number of amides is 5. The maximum Gasteiger partial charge on any atom is 0.290 e. The van der Waals surface area contributed by atoms with Crippen LogP contribution < -0.4 is 26.6 Å². The molecule has 0 bridgehead atoms. The molecule has 20 rings (SSSR count). The first-order chi connectivity index (χ1) is 66.2. The van der Waals surface area contributed by atoms with Crippen molar-refractivity contribution in [2.45, 2.75) is 192 Å². The van der Waals surface area contributed by atoms with Crippen molar-refractivity contribution in [1.29, 1.82) is 0 Å². The third kappa shape index (κ3) is 25.9. The first-order valence-corrected chi connectivity index (χ1v) is 46.4. The second-order valence-corrected chi connectivity index (χ2v) is 36.8. The lowest BCUT2D eigenvalue weighted by molar-refractivity contribution is 0.0840. The Morgan fingerprint density at radius 3 is 0.745 bits per heavy atom. The highest BCUT2D eigenvalue weighted by molar-refractivity contribution is 7.11. The largest absolute Gasteiger partial charge is 0.422 e. The van der Waals surface area contributed by atoms with Gasteiger partial charge in [-0.2, -0.15) is 0 Å². The van der Waals surface area contributed by atoms with E-state index in [2.05, 4.69) is 103 Å². The van der Waals surface area contributed by atoms with E-state index >= 15 is 0 Å². The Hall–Kier alpha value is -14.3. The molecule has 5 atom stereocenters. The Kier molecular flexibility index (Phi) is 31.1. The highest BCUT2D eigenvalue weighted by Gasteiger charge is 2.39. The van der Waals surface area contributed by atoms with Gasteiger partial charge in [0.25, 0.3) is 29.5 Å². The number of nitrogens with one attached hydrogen (secondary N) is 5. The monoisotopic (exact) mass is 1910 g/mol. The maximum absolute atomic E-state index is 13.0. The Morgan fingerprint density at radius 2 is 0.533 bits per heavy atom. The van der Waals surface area contributed by atoms with Crippen molar-refractivity contribution in [1.82, 2.24) is 103 Å². The molecule has 0 unspecified atom stereocenters. The van der Waals surface area contributed by atoms with Crippen LogP contribution in [0.2, 0.25) is 0 Å². The highest BCUT2D eigenvalue weighted by Crippen LogP contribution is 2.38. The predicted octanol–water partition coefficient (Wildman–Crippen LogP) is 13.9. The van der Waals surface area contributed by atoms with E-state index in [1.54, 1.807) is 77.1 Å². The van der Waals surface area contributed by atoms with Crippen LogP contribution in [0.15, 0.2) is 206 Å². The number of rotatable bonds is 30. The van der Waals surface area contributed by atoms with Crippen LogP contribution in [0, 0.1) is 41.2 Å². The van der Waals surface area contributed by atoms with Gasteiger partial charge in [0.15, 0.2) is 0 Å². The summed E-state index contributed by atoms with van der Waals surface area (Å²) in [6.07, 6.45) is 8.47. The van der Waals surface area contributed by atoms with Crippen LogP contribution >= 0.6 is 22.7 Å². The minimum Gasteiger partial charge on any atom is -0.422 e. The van der Waals surface area contributed by atoms with Crippen molar-refractivity contribution < 1.29 is 94.2 Å². The molecule has 137 heavy (non-hydrogen) atoms. The van der Waals surface area contributed by atoms with Crippen molar-refractivity contribution in [3.05, 3.63) is 266 Å². The van der Waals surface area contributed by atoms with E-state index in [4.69, 9.17) is 35.9 Å². The zero-order chi connectivity index (χ0) is 95.8. The minimum atomic E-state index is -0.781. The molecule has 10 aromatic heterocycles. The molecule has 712 valence electrons. The van der Waals surface area contributed by atoms with Gasteiger partial charge in [-0.15, -0.1) is 51.0 Å². The number of benzene rings is 5. The smallest absolute Gasteiger partial charge is 0.290 e. The van der Waals surface area contributed by atoms with Crippen molar-refractivity contribution in [2.24, 2.45) is 29.6 Å². The van der Waals surface area contributed by atoms with E-state index in [1.165, 1.54) is 59.1 Å². The highest BCUT2D eigenvalue weighted by atomic mass is 32.1. The number of aromatic nitrogens is 15. The lowest BCUT2D eigenvalue weighted by atomic mass is 9.78. The Morgan fingerprint density at radius 1 is 0.307 bits per heavy atom. The molecule has 0 aliphatic heterocycles. The van der Waals surface area contributed by atoms with Gasteiger partial charge in [0.2, 0.25) is 64.1 Å². The number of carbonyl (C=O) groups excluding carboxylic acids is 5. The van der Waals surface area contributed by atoms with Gasteiger partial charge >= 0.3 is 0 Å². The molecule has 15 aromatic rings. The number of aliphatic hydroxyl groups excluding tert-OH is 5. The molecular weight excluding hydrogens is 1810 g/mol. The molecule has 0 spiro atoms. The quantitative estimate of drug-likeness (QED) is 0.0200. The molecule has 0 saturated heterocycles. The van der Waals surface area contributed by atoms with Gasteiger partial charge < -0.3 is 88.0 Å². The zero-order valence-corrected chi connectivity index (χ0v) is 76.4. The first kappa shape index (κ1) is 95.8. The van der Waals surface area contributed by atoms with E-state index in [-0.39, 0.29) is 118 Å². The fraction of sp³-hybridized carbons (Fsp3) is 0.368. The van der Waals surface area contributed by atoms with Crippen LogP contribution in [0.25, 0.3) is 56.3 Å². The number of nitrogens with zero attached hydrogens (tertiary/aromatic N) is 15. The summed E-state index contributed by atoms with van der Waals surface area (Å²) in [6.45, 7) is 8.09. The van der Waals surface area contributed by atoms with Crippen LogP contribution in [-0.4, -0.2) is 162 Å². The fourth-order valence-corrected chi connectivity index (χ4v) is 17.7. The second-order valence-electron chi connectivity index (χ2n) is 34.6. The molecule has 5 saturated carbocycles. The van der Waals surface area contributed by atoms with E-state index < -0.39 is 30.5 Å². The summed E-state index contributed by atoms with van der Waals surface area (Å²) in [5.74, 6) is 2.92. The van der Waals surface area contributed by atoms with E-state index in [0.717, 1.165) is 104 Å². The van der Waals surface area contributed by atoms with Gasteiger partial charge in [-0.3, -0.25) is 24.0 Å². The number of halogens is 2. The third-order valence-corrected chi connectivity index (χ3v) is 25.8. The minimum absolute atomic E-state index is 0.0380. The average molecular weight is 1910 g/mol. The van der Waals surface area contributed by atoms with E-state index in [9.17, 15) is 58.3 Å². The molecule has 0 radical (unpaired) electrons. The van der Waals surface area contributed by atoms with Gasteiger partial charge in [-0.05, 0) is 177 Å². The molecule has 5 aromatic carbocycles. The molecule has 10 N–H and O–H groups in total. The van der Waals surface area contributed by atoms with E-state index in [0.29, 0.717) is 116 Å². The summed E-state index contributed by atoms with van der Waals surface area (Å²) in [6, 6.07) is 48.9. The summed E-state index contributed by atoms with van der Waals surface area (Å²) in [7, 11) is 0. The maximum atomic E-state index is 13.0. The summed E-state index contributed by atoms with van der Waals surface area (Å²) in [5, 5.41) is 124. The lowest BCUT2D eigenvalue weighted by Crippen LogP contribution is -2.44. The van der Waals surface area contributed by atoms with Crippen LogP contribution in [0.3, 0.4) is 0 Å². The van der Waals surface area contributed by atoms with Gasteiger partial charge in [0.05, 0.1) is 0 Å². The van der Waals surface area contributed by atoms with Gasteiger partial charge in [-0.1, -0.05) is 139 Å². The molecule has 5 aliphatic carbocycles. The Labute approximate surface area is 788 Å². The fourth-order valence-electron chi connectivity index (χ4n) is 15.9. The van der Waals surface area contributed by atoms with Crippen LogP contribution in [-0.2, 0) is 32.1 Å². The second kappa shape index (κ2) is 44.5. The first-order valence-electron chi connectivity index (χ1n) is 44.8. The Balaban J connectivity index is 0.000000124. The van der Waals surface area contributed by atoms with Crippen molar-refractivity contribution in [2.75, 3.05) is 0 Å².